The van der Waals surface area contributed by atoms with E-state index in [0.717, 1.165) is 37.1 Å². The minimum atomic E-state index is -0.303. The van der Waals surface area contributed by atoms with Gasteiger partial charge in [-0.1, -0.05) is 44.4 Å². The number of aryl methyl sites for hydroxylation is 1. The van der Waals surface area contributed by atoms with E-state index in [0.29, 0.717) is 44.0 Å². The van der Waals surface area contributed by atoms with E-state index in [-0.39, 0.29) is 5.82 Å². The fourth-order valence-electron chi connectivity index (χ4n) is 5.02. The van der Waals surface area contributed by atoms with Crippen molar-refractivity contribution in [3.8, 4) is 17.9 Å². The summed E-state index contributed by atoms with van der Waals surface area (Å²) >= 11 is 0. The van der Waals surface area contributed by atoms with Gasteiger partial charge in [0.2, 0.25) is 0 Å². The first-order valence-corrected chi connectivity index (χ1v) is 12.8. The second-order valence-corrected chi connectivity index (χ2v) is 9.39. The maximum absolute atomic E-state index is 13.5. The molecule has 0 spiro atoms. The van der Waals surface area contributed by atoms with E-state index in [1.807, 2.05) is 13.0 Å². The Balaban J connectivity index is 1.67. The lowest BCUT2D eigenvalue weighted by Crippen LogP contribution is -2.41. The number of hydrogen-bond donors (Lipinski definition) is 0. The van der Waals surface area contributed by atoms with Gasteiger partial charge in [0.1, 0.15) is 18.2 Å². The highest BCUT2D eigenvalue weighted by Crippen LogP contribution is 2.32. The van der Waals surface area contributed by atoms with Gasteiger partial charge in [0.25, 0.3) is 0 Å². The lowest BCUT2D eigenvalue weighted by molar-refractivity contribution is 0.149. The molecule has 0 aliphatic carbocycles. The van der Waals surface area contributed by atoms with Crippen LogP contribution in [0.2, 0.25) is 0 Å². The summed E-state index contributed by atoms with van der Waals surface area (Å²) in [6, 6.07) is 17.7. The molecule has 1 saturated heterocycles. The van der Waals surface area contributed by atoms with Crippen LogP contribution in [-0.2, 0) is 0 Å². The smallest absolute Gasteiger partial charge is 0.126 e. The van der Waals surface area contributed by atoms with Crippen LogP contribution in [0.4, 0.5) is 4.39 Å². The first kappa shape index (κ1) is 26.7. The van der Waals surface area contributed by atoms with Gasteiger partial charge in [0.15, 0.2) is 0 Å². The first-order valence-electron chi connectivity index (χ1n) is 12.8. The Kier molecular flexibility index (Phi) is 10.5. The van der Waals surface area contributed by atoms with Crippen molar-refractivity contribution in [2.75, 3.05) is 32.8 Å². The summed E-state index contributed by atoms with van der Waals surface area (Å²) in [5, 5.41) is 18.5. The van der Waals surface area contributed by atoms with Gasteiger partial charge in [-0.25, -0.2) is 4.39 Å². The summed E-state index contributed by atoms with van der Waals surface area (Å²) in [5.41, 5.74) is 3.06. The molecule has 0 bridgehead atoms. The SMILES string of the molecule is CCCCCC(c1ccc(C#N)c(C)c1)N1CCC(N(CCC#N)CCOc2cccc(F)c2)C1. The Morgan fingerprint density at radius 1 is 1.17 bits per heavy atom. The highest BCUT2D eigenvalue weighted by atomic mass is 19.1. The van der Waals surface area contributed by atoms with Gasteiger partial charge in [-0.05, 0) is 49.1 Å². The molecule has 2 aromatic rings. The van der Waals surface area contributed by atoms with Crippen LogP contribution in [0.5, 0.6) is 5.75 Å². The molecule has 6 heteroatoms. The van der Waals surface area contributed by atoms with Crippen molar-refractivity contribution in [2.24, 2.45) is 0 Å². The third kappa shape index (κ3) is 7.79. The zero-order valence-corrected chi connectivity index (χ0v) is 21.0. The van der Waals surface area contributed by atoms with Crippen molar-refractivity contribution >= 4 is 0 Å². The number of benzene rings is 2. The van der Waals surface area contributed by atoms with E-state index in [1.165, 1.54) is 37.0 Å². The number of halogens is 1. The highest BCUT2D eigenvalue weighted by molar-refractivity contribution is 5.40. The van der Waals surface area contributed by atoms with E-state index in [2.05, 4.69) is 41.0 Å². The van der Waals surface area contributed by atoms with Crippen LogP contribution < -0.4 is 4.74 Å². The van der Waals surface area contributed by atoms with Crippen molar-refractivity contribution in [1.29, 1.82) is 10.5 Å². The van der Waals surface area contributed by atoms with Crippen molar-refractivity contribution < 1.29 is 9.13 Å². The molecule has 0 amide bonds. The van der Waals surface area contributed by atoms with Crippen molar-refractivity contribution in [3.05, 3.63) is 65.0 Å². The number of hydrogen-bond acceptors (Lipinski definition) is 5. The molecule has 2 aromatic carbocycles. The van der Waals surface area contributed by atoms with Gasteiger partial charge in [0.05, 0.1) is 17.7 Å². The standard InChI is InChI=1S/C29H37FN4O/c1-3-4-5-10-29(24-11-12-25(21-32)23(2)19-24)34-16-13-27(22-34)33(15-7-14-31)17-18-35-28-9-6-8-26(30)20-28/h6,8-9,11-12,19-20,27,29H,3-5,7,10,13,15-18,22H2,1-2H3. The molecule has 2 unspecified atom stereocenters. The quantitative estimate of drug-likeness (QED) is 0.332. The van der Waals surface area contributed by atoms with Crippen LogP contribution in [0.15, 0.2) is 42.5 Å². The molecule has 0 aromatic heterocycles. The van der Waals surface area contributed by atoms with Crippen molar-refractivity contribution in [1.82, 2.24) is 9.80 Å². The van der Waals surface area contributed by atoms with Gasteiger partial charge in [-0.15, -0.1) is 0 Å². The largest absolute Gasteiger partial charge is 0.492 e. The highest BCUT2D eigenvalue weighted by Gasteiger charge is 2.32. The zero-order valence-electron chi connectivity index (χ0n) is 21.0. The molecule has 1 aliphatic heterocycles. The van der Waals surface area contributed by atoms with Crippen molar-refractivity contribution in [3.63, 3.8) is 0 Å². The van der Waals surface area contributed by atoms with Gasteiger partial charge in [-0.2, -0.15) is 10.5 Å². The van der Waals surface area contributed by atoms with Crippen LogP contribution in [0.3, 0.4) is 0 Å². The predicted octanol–water partition coefficient (Wildman–Crippen LogP) is 6.00. The van der Waals surface area contributed by atoms with Crippen LogP contribution in [-0.4, -0.2) is 48.6 Å². The maximum atomic E-state index is 13.5. The molecular weight excluding hydrogens is 439 g/mol. The molecule has 1 fully saturated rings. The Labute approximate surface area is 209 Å². The number of unbranched alkanes of at least 4 members (excludes halogenated alkanes) is 2. The topological polar surface area (TPSA) is 63.3 Å². The monoisotopic (exact) mass is 476 g/mol. The van der Waals surface area contributed by atoms with E-state index in [1.54, 1.807) is 12.1 Å². The number of nitrogens with zero attached hydrogens (tertiary/aromatic N) is 4. The lowest BCUT2D eigenvalue weighted by atomic mass is 9.96. The molecule has 186 valence electrons. The summed E-state index contributed by atoms with van der Waals surface area (Å²) < 4.78 is 19.3. The Morgan fingerprint density at radius 2 is 2.03 bits per heavy atom. The fourth-order valence-corrected chi connectivity index (χ4v) is 5.02. The third-order valence-corrected chi connectivity index (χ3v) is 6.94. The average Bonchev–Trinajstić information content (AvgIpc) is 3.33. The molecule has 0 saturated carbocycles. The summed E-state index contributed by atoms with van der Waals surface area (Å²) in [7, 11) is 0. The van der Waals surface area contributed by atoms with Crippen molar-refractivity contribution in [2.45, 2.75) is 64.5 Å². The van der Waals surface area contributed by atoms with Crippen LogP contribution in [0.1, 0.15) is 68.2 Å². The van der Waals surface area contributed by atoms with Crippen LogP contribution >= 0.6 is 0 Å². The minimum absolute atomic E-state index is 0.303. The van der Waals surface area contributed by atoms with Crippen LogP contribution in [0.25, 0.3) is 0 Å². The zero-order chi connectivity index (χ0) is 25.0. The predicted molar refractivity (Wildman–Crippen MR) is 136 cm³/mol. The Hall–Kier alpha value is -2.93. The fraction of sp³-hybridized carbons (Fsp3) is 0.517. The second kappa shape index (κ2) is 13.8. The van der Waals surface area contributed by atoms with Gasteiger partial charge < -0.3 is 4.74 Å². The van der Waals surface area contributed by atoms with E-state index in [9.17, 15) is 14.9 Å². The second-order valence-electron chi connectivity index (χ2n) is 9.39. The summed E-state index contributed by atoms with van der Waals surface area (Å²) in [5.74, 6) is 0.230. The summed E-state index contributed by atoms with van der Waals surface area (Å²) in [6.45, 7) is 8.06. The maximum Gasteiger partial charge on any atom is 0.126 e. The molecule has 2 atom stereocenters. The van der Waals surface area contributed by atoms with Crippen LogP contribution in [0, 0.1) is 35.4 Å². The lowest BCUT2D eigenvalue weighted by Gasteiger charge is -2.31. The molecule has 0 N–H and O–H groups in total. The first-order chi connectivity index (χ1) is 17.0. The van der Waals surface area contributed by atoms with Gasteiger partial charge in [-0.3, -0.25) is 9.80 Å². The van der Waals surface area contributed by atoms with E-state index >= 15 is 0 Å². The van der Waals surface area contributed by atoms with E-state index < -0.39 is 0 Å². The van der Waals surface area contributed by atoms with Gasteiger partial charge >= 0.3 is 0 Å². The summed E-state index contributed by atoms with van der Waals surface area (Å²) in [6.07, 6.45) is 6.22. The minimum Gasteiger partial charge on any atom is -0.492 e. The molecule has 5 nitrogen and oxygen atoms in total. The average molecular weight is 477 g/mol. The number of ether oxygens (including phenoxy) is 1. The Morgan fingerprint density at radius 3 is 2.74 bits per heavy atom. The normalized spacial score (nSPS) is 16.7. The molecule has 1 heterocycles. The number of nitriles is 2. The molecular formula is C29H37FN4O. The number of likely N-dealkylation sites (tertiary alicyclic amines) is 1. The summed E-state index contributed by atoms with van der Waals surface area (Å²) in [4.78, 5) is 4.93. The van der Waals surface area contributed by atoms with E-state index in [4.69, 9.17) is 4.74 Å². The molecule has 35 heavy (non-hydrogen) atoms. The Bertz CT molecular complexity index is 1030. The number of rotatable bonds is 13. The molecule has 0 radical (unpaired) electrons. The molecule has 1 aliphatic rings. The molecule has 3 rings (SSSR count). The van der Waals surface area contributed by atoms with Gasteiger partial charge in [0, 0.05) is 50.7 Å². The third-order valence-electron chi connectivity index (χ3n) is 6.94.